The van der Waals surface area contributed by atoms with Gasteiger partial charge in [-0.3, -0.25) is 10.5 Å². The lowest BCUT2D eigenvalue weighted by atomic mass is 10.1. The van der Waals surface area contributed by atoms with Gasteiger partial charge in [0.2, 0.25) is 6.29 Å². The molecule has 2 aliphatic rings. The molecule has 1 unspecified atom stereocenters. The van der Waals surface area contributed by atoms with Crippen molar-refractivity contribution in [1.29, 1.82) is 0 Å². The predicted molar refractivity (Wildman–Crippen MR) is 107 cm³/mol. The lowest BCUT2D eigenvalue weighted by molar-refractivity contribution is -0.126. The van der Waals surface area contributed by atoms with Gasteiger partial charge in [-0.05, 0) is 13.3 Å². The molecule has 0 saturated carbocycles. The highest BCUT2D eigenvalue weighted by molar-refractivity contribution is 8.16. The number of hydrogen-bond acceptors (Lipinski definition) is 9. The third kappa shape index (κ3) is 5.28. The molecule has 9 nitrogen and oxygen atoms in total. The van der Waals surface area contributed by atoms with Crippen molar-refractivity contribution >= 4 is 28.4 Å². The molecule has 3 atom stereocenters. The highest BCUT2D eigenvalue weighted by atomic mass is 32.2. The van der Waals surface area contributed by atoms with Crippen molar-refractivity contribution in [2.45, 2.75) is 44.7 Å². The van der Waals surface area contributed by atoms with E-state index in [1.54, 1.807) is 13.0 Å². The molecule has 0 bridgehead atoms. The molecule has 0 fully saturated rings. The van der Waals surface area contributed by atoms with Crippen LogP contribution < -0.4 is 11.1 Å². The van der Waals surface area contributed by atoms with Gasteiger partial charge in [0.25, 0.3) is 5.91 Å². The summed E-state index contributed by atoms with van der Waals surface area (Å²) in [7, 11) is 0. The fraction of sp³-hybridized carbons (Fsp3) is 0.500. The summed E-state index contributed by atoms with van der Waals surface area (Å²) in [6.45, 7) is 3.56. The number of rotatable bonds is 8. The van der Waals surface area contributed by atoms with Crippen molar-refractivity contribution in [3.8, 4) is 12.3 Å². The Bertz CT molecular complexity index is 770. The van der Waals surface area contributed by atoms with E-state index in [1.165, 1.54) is 17.8 Å². The summed E-state index contributed by atoms with van der Waals surface area (Å²) < 4.78 is 10.8. The first-order chi connectivity index (χ1) is 13.3. The van der Waals surface area contributed by atoms with E-state index in [4.69, 9.17) is 26.8 Å². The summed E-state index contributed by atoms with van der Waals surface area (Å²) >= 11 is 1.24. The second-order valence-corrected chi connectivity index (χ2v) is 7.21. The Balaban J connectivity index is 2.17. The van der Waals surface area contributed by atoms with Crippen LogP contribution in [0.2, 0.25) is 0 Å². The molecule has 152 valence electrons. The zero-order chi connectivity index (χ0) is 20.7. The van der Waals surface area contributed by atoms with Crippen LogP contribution in [0.3, 0.4) is 0 Å². The quantitative estimate of drug-likeness (QED) is 0.201. The highest BCUT2D eigenvalue weighted by Crippen LogP contribution is 2.26. The maximum absolute atomic E-state index is 12.8. The van der Waals surface area contributed by atoms with Crippen LogP contribution in [0.5, 0.6) is 0 Å². The minimum atomic E-state index is -1.50. The second kappa shape index (κ2) is 9.64. The van der Waals surface area contributed by atoms with E-state index in [2.05, 4.69) is 21.4 Å². The molecule has 0 radical (unpaired) electrons. The van der Waals surface area contributed by atoms with Crippen LogP contribution in [0.4, 0.5) is 0 Å². The lowest BCUT2D eigenvalue weighted by Crippen LogP contribution is -2.56. The van der Waals surface area contributed by atoms with Gasteiger partial charge in [-0.2, -0.15) is 0 Å². The topological polar surface area (TPSA) is 139 Å². The Kier molecular flexibility index (Phi) is 7.51. The number of amides is 1. The molecule has 0 aromatic carbocycles. The largest absolute Gasteiger partial charge is 0.481 e. The Morgan fingerprint density at radius 2 is 2.46 bits per heavy atom. The Morgan fingerprint density at radius 1 is 1.71 bits per heavy atom. The van der Waals surface area contributed by atoms with E-state index in [1.807, 2.05) is 6.92 Å². The number of carbonyl (C=O) groups excluding carboxylic acids is 1. The first kappa shape index (κ1) is 21.8. The molecule has 0 spiro atoms. The summed E-state index contributed by atoms with van der Waals surface area (Å²) in [4.78, 5) is 17.0. The number of allylic oxidation sites excluding steroid dienone is 1. The summed E-state index contributed by atoms with van der Waals surface area (Å²) in [6.07, 6.45) is 8.21. The third-order valence-electron chi connectivity index (χ3n) is 3.98. The van der Waals surface area contributed by atoms with Gasteiger partial charge in [-0.1, -0.05) is 24.4 Å². The molecular weight excluding hydrogens is 384 g/mol. The van der Waals surface area contributed by atoms with Crippen molar-refractivity contribution in [2.24, 2.45) is 15.9 Å². The predicted octanol–water partition coefficient (Wildman–Crippen LogP) is 0.688. The molecule has 0 aromatic heterocycles. The molecule has 0 saturated heterocycles. The van der Waals surface area contributed by atoms with E-state index in [0.29, 0.717) is 23.0 Å². The number of thioether (sulfide) groups is 1. The smallest absolute Gasteiger partial charge is 0.264 e. The maximum atomic E-state index is 12.8. The number of terminal acetylenes is 1. The fourth-order valence-corrected chi connectivity index (χ4v) is 3.59. The summed E-state index contributed by atoms with van der Waals surface area (Å²) in [5.41, 5.74) is 4.95. The highest BCUT2D eigenvalue weighted by Gasteiger charge is 2.41. The van der Waals surface area contributed by atoms with Crippen molar-refractivity contribution < 1.29 is 24.6 Å². The van der Waals surface area contributed by atoms with Gasteiger partial charge in [0.15, 0.2) is 5.66 Å². The fourth-order valence-electron chi connectivity index (χ4n) is 2.56. The van der Waals surface area contributed by atoms with Crippen LogP contribution in [0.1, 0.15) is 26.7 Å². The number of aliphatic hydroxyl groups is 1. The molecule has 2 heterocycles. The standard InChI is InChI=1S/C18H24N4O5S/c1-4-6-13(14-8-12(26-7-5-2)9-15(23)27-14)20-17(24)18(19)10-28-16(21-18)11(3)22-25/h2,8-9,13,15,23,25H,4,6-7,10,19H2,1,3H3,(H,20,24)/b22-11+/t13-,15?,18+/m1/s1. The van der Waals surface area contributed by atoms with Gasteiger partial charge < -0.3 is 25.1 Å². The van der Waals surface area contributed by atoms with Crippen LogP contribution >= 0.6 is 11.8 Å². The zero-order valence-corrected chi connectivity index (χ0v) is 16.5. The summed E-state index contributed by atoms with van der Waals surface area (Å²) in [5.74, 6) is 2.75. The number of aliphatic hydroxyl groups excluding tert-OH is 1. The molecular formula is C18H24N4O5S. The van der Waals surface area contributed by atoms with Gasteiger partial charge in [-0.25, -0.2) is 4.99 Å². The van der Waals surface area contributed by atoms with Crippen molar-refractivity contribution in [3.05, 3.63) is 23.7 Å². The number of nitrogens with two attached hydrogens (primary N) is 1. The number of hydrogen-bond donors (Lipinski definition) is 4. The normalized spacial score (nSPS) is 25.6. The number of carbonyl (C=O) groups is 1. The second-order valence-electron chi connectivity index (χ2n) is 6.25. The van der Waals surface area contributed by atoms with Gasteiger partial charge >= 0.3 is 0 Å². The molecule has 10 heteroatoms. The monoisotopic (exact) mass is 408 g/mol. The van der Waals surface area contributed by atoms with Crippen molar-refractivity contribution in [1.82, 2.24) is 5.32 Å². The average Bonchev–Trinajstić information content (AvgIpc) is 3.08. The van der Waals surface area contributed by atoms with Gasteiger partial charge in [-0.15, -0.1) is 18.2 Å². The Morgan fingerprint density at radius 3 is 3.11 bits per heavy atom. The van der Waals surface area contributed by atoms with E-state index < -0.39 is 23.9 Å². The van der Waals surface area contributed by atoms with E-state index >= 15 is 0 Å². The van der Waals surface area contributed by atoms with Gasteiger partial charge in [0, 0.05) is 17.9 Å². The minimum Gasteiger partial charge on any atom is -0.481 e. The molecule has 0 aliphatic carbocycles. The first-order valence-corrected chi connectivity index (χ1v) is 9.67. The molecule has 5 N–H and O–H groups in total. The maximum Gasteiger partial charge on any atom is 0.264 e. The van der Waals surface area contributed by atoms with Crippen LogP contribution in [0.25, 0.3) is 0 Å². The Labute approximate surface area is 167 Å². The number of nitrogens with zero attached hydrogens (tertiary/aromatic N) is 2. The molecule has 28 heavy (non-hydrogen) atoms. The van der Waals surface area contributed by atoms with E-state index in [0.717, 1.165) is 6.42 Å². The molecule has 2 aliphatic heterocycles. The van der Waals surface area contributed by atoms with Crippen molar-refractivity contribution in [2.75, 3.05) is 12.4 Å². The van der Waals surface area contributed by atoms with Crippen LogP contribution in [-0.2, 0) is 14.3 Å². The van der Waals surface area contributed by atoms with Gasteiger partial charge in [0.05, 0.1) is 6.04 Å². The molecule has 2 rings (SSSR count). The van der Waals surface area contributed by atoms with E-state index in [9.17, 15) is 9.90 Å². The van der Waals surface area contributed by atoms with Crippen LogP contribution in [-0.4, -0.2) is 57.3 Å². The number of oxime groups is 1. The van der Waals surface area contributed by atoms with Crippen LogP contribution in [0.15, 0.2) is 33.8 Å². The number of aliphatic imine (C=N–C) groups is 1. The minimum absolute atomic E-state index is 0.0412. The number of nitrogens with one attached hydrogen (secondary N) is 1. The first-order valence-electron chi connectivity index (χ1n) is 8.69. The number of ether oxygens (including phenoxy) is 2. The van der Waals surface area contributed by atoms with E-state index in [-0.39, 0.29) is 18.1 Å². The van der Waals surface area contributed by atoms with Crippen LogP contribution in [0, 0.1) is 12.3 Å². The van der Waals surface area contributed by atoms with Gasteiger partial charge in [0.1, 0.15) is 28.9 Å². The molecule has 1 amide bonds. The summed E-state index contributed by atoms with van der Waals surface area (Å²) in [5, 5.41) is 25.1. The van der Waals surface area contributed by atoms with Crippen molar-refractivity contribution in [3.63, 3.8) is 0 Å². The third-order valence-corrected chi connectivity index (χ3v) is 5.22. The lowest BCUT2D eigenvalue weighted by Gasteiger charge is -2.29. The zero-order valence-electron chi connectivity index (χ0n) is 15.7. The SMILES string of the molecule is C#CCOC1=CC(O)OC([C@@H](CCC)NC(=O)[C@]2(N)CSC(/C(C)=N/O)=N2)=C1. The Hall–Kier alpha value is -2.48. The average molecular weight is 408 g/mol. The summed E-state index contributed by atoms with van der Waals surface area (Å²) in [6, 6.07) is -0.539. The molecule has 0 aromatic rings.